The van der Waals surface area contributed by atoms with Crippen LogP contribution in [-0.2, 0) is 14.6 Å². The molecule has 1 saturated carbocycles. The van der Waals surface area contributed by atoms with Crippen LogP contribution >= 0.6 is 0 Å². The van der Waals surface area contributed by atoms with Gasteiger partial charge in [0.1, 0.15) is 0 Å². The summed E-state index contributed by atoms with van der Waals surface area (Å²) in [7, 11) is -3.69. The Balaban J connectivity index is 2.68. The zero-order chi connectivity index (χ0) is 10.6. The van der Waals surface area contributed by atoms with E-state index in [0.29, 0.717) is 12.8 Å². The highest BCUT2D eigenvalue weighted by Gasteiger charge is 2.34. The molecular formula is C9H16O4S. The highest BCUT2D eigenvalue weighted by atomic mass is 32.2. The second kappa shape index (κ2) is 4.77. The lowest BCUT2D eigenvalue weighted by molar-refractivity contribution is 0.178. The van der Waals surface area contributed by atoms with Gasteiger partial charge >= 0.3 is 5.30 Å². The molecule has 14 heavy (non-hydrogen) atoms. The van der Waals surface area contributed by atoms with E-state index in [1.807, 2.05) is 0 Å². The van der Waals surface area contributed by atoms with E-state index >= 15 is 0 Å². The quantitative estimate of drug-likeness (QED) is 0.667. The number of ether oxygens (including phenoxy) is 1. The van der Waals surface area contributed by atoms with Gasteiger partial charge in [-0.25, -0.2) is 13.2 Å². The van der Waals surface area contributed by atoms with Gasteiger partial charge in [-0.05, 0) is 19.8 Å². The van der Waals surface area contributed by atoms with Crippen LogP contribution in [0.5, 0.6) is 0 Å². The summed E-state index contributed by atoms with van der Waals surface area (Å²) in [5, 5.41) is -1.55. The van der Waals surface area contributed by atoms with E-state index in [9.17, 15) is 13.2 Å². The van der Waals surface area contributed by atoms with E-state index in [0.717, 1.165) is 19.3 Å². The van der Waals surface area contributed by atoms with E-state index in [1.54, 1.807) is 6.92 Å². The summed E-state index contributed by atoms with van der Waals surface area (Å²) < 4.78 is 27.7. The van der Waals surface area contributed by atoms with Crippen LogP contribution in [0.2, 0.25) is 0 Å². The second-order valence-electron chi connectivity index (χ2n) is 3.49. The SMILES string of the molecule is CCOC(=O)S(=O)(=O)C1CCCCC1. The molecule has 0 bridgehead atoms. The van der Waals surface area contributed by atoms with Gasteiger partial charge in [0.15, 0.2) is 0 Å². The average Bonchev–Trinajstić information content (AvgIpc) is 2.19. The lowest BCUT2D eigenvalue weighted by atomic mass is 10.0. The minimum atomic E-state index is -3.69. The van der Waals surface area contributed by atoms with Gasteiger partial charge in [-0.3, -0.25) is 0 Å². The third kappa shape index (κ3) is 2.47. The van der Waals surface area contributed by atoms with Gasteiger partial charge in [0.25, 0.3) is 9.84 Å². The van der Waals surface area contributed by atoms with Crippen molar-refractivity contribution in [1.29, 1.82) is 0 Å². The third-order valence-electron chi connectivity index (χ3n) is 2.49. The van der Waals surface area contributed by atoms with Crippen molar-refractivity contribution in [1.82, 2.24) is 0 Å². The second-order valence-corrected chi connectivity index (χ2v) is 5.58. The van der Waals surface area contributed by atoms with Crippen LogP contribution in [0.3, 0.4) is 0 Å². The van der Waals surface area contributed by atoms with E-state index in [-0.39, 0.29) is 6.61 Å². The molecule has 0 aromatic heterocycles. The summed E-state index contributed by atoms with van der Waals surface area (Å²) in [5.74, 6) is 0. The molecule has 0 spiro atoms. The Hall–Kier alpha value is -0.580. The van der Waals surface area contributed by atoms with Crippen LogP contribution < -0.4 is 0 Å². The summed E-state index contributed by atoms with van der Waals surface area (Å²) >= 11 is 0. The van der Waals surface area contributed by atoms with Crippen molar-refractivity contribution < 1.29 is 17.9 Å². The normalized spacial score (nSPS) is 19.2. The van der Waals surface area contributed by atoms with Gasteiger partial charge in [-0.1, -0.05) is 19.3 Å². The number of carbonyl (C=O) groups is 1. The van der Waals surface area contributed by atoms with Crippen molar-refractivity contribution in [2.45, 2.75) is 44.3 Å². The zero-order valence-electron chi connectivity index (χ0n) is 8.36. The van der Waals surface area contributed by atoms with Crippen molar-refractivity contribution >= 4 is 15.1 Å². The molecule has 0 unspecified atom stereocenters. The van der Waals surface area contributed by atoms with Gasteiger partial charge in [0.05, 0.1) is 11.9 Å². The Morgan fingerprint density at radius 2 is 1.86 bits per heavy atom. The number of rotatable bonds is 2. The molecule has 0 atom stereocenters. The topological polar surface area (TPSA) is 60.4 Å². The van der Waals surface area contributed by atoms with Gasteiger partial charge in [-0.15, -0.1) is 0 Å². The van der Waals surface area contributed by atoms with Crippen LogP contribution in [0.15, 0.2) is 0 Å². The molecule has 1 rings (SSSR count). The van der Waals surface area contributed by atoms with Crippen LogP contribution in [-0.4, -0.2) is 25.6 Å². The smallest absolute Gasteiger partial charge is 0.425 e. The van der Waals surface area contributed by atoms with E-state index in [2.05, 4.69) is 4.74 Å². The van der Waals surface area contributed by atoms with Gasteiger partial charge in [0.2, 0.25) is 0 Å². The Morgan fingerprint density at radius 3 is 2.36 bits per heavy atom. The fourth-order valence-corrected chi connectivity index (χ4v) is 3.22. The molecule has 1 aliphatic rings. The fourth-order valence-electron chi connectivity index (χ4n) is 1.71. The first-order valence-electron chi connectivity index (χ1n) is 4.99. The average molecular weight is 220 g/mol. The first-order chi connectivity index (χ1) is 6.59. The van der Waals surface area contributed by atoms with Gasteiger partial charge < -0.3 is 4.74 Å². The van der Waals surface area contributed by atoms with Crippen LogP contribution in [0.1, 0.15) is 39.0 Å². The molecule has 0 aromatic rings. The zero-order valence-corrected chi connectivity index (χ0v) is 9.18. The predicted molar refractivity (Wildman–Crippen MR) is 52.8 cm³/mol. The van der Waals surface area contributed by atoms with E-state index < -0.39 is 20.4 Å². The molecule has 0 saturated heterocycles. The van der Waals surface area contributed by atoms with Crippen molar-refractivity contribution in [3.05, 3.63) is 0 Å². The molecular weight excluding hydrogens is 204 g/mol. The summed E-state index contributed by atoms with van der Waals surface area (Å²) in [5.41, 5.74) is 0. The summed E-state index contributed by atoms with van der Waals surface area (Å²) in [6.07, 6.45) is 4.05. The van der Waals surface area contributed by atoms with Crippen LogP contribution in [0.25, 0.3) is 0 Å². The van der Waals surface area contributed by atoms with Gasteiger partial charge in [0, 0.05) is 0 Å². The molecule has 1 aliphatic carbocycles. The molecule has 0 aromatic carbocycles. The van der Waals surface area contributed by atoms with Crippen LogP contribution in [0.4, 0.5) is 4.79 Å². The highest BCUT2D eigenvalue weighted by molar-refractivity contribution is 8.06. The van der Waals surface area contributed by atoms with E-state index in [4.69, 9.17) is 0 Å². The fraction of sp³-hybridized carbons (Fsp3) is 0.889. The lowest BCUT2D eigenvalue weighted by Crippen LogP contribution is -2.30. The number of hydrogen-bond acceptors (Lipinski definition) is 4. The standard InChI is InChI=1S/C9H16O4S/c1-2-13-9(10)14(11,12)8-6-4-3-5-7-8/h8H,2-7H2,1H3. The molecule has 0 amide bonds. The minimum absolute atomic E-state index is 0.116. The maximum absolute atomic E-state index is 11.6. The maximum Gasteiger partial charge on any atom is 0.425 e. The monoisotopic (exact) mass is 220 g/mol. The molecule has 0 radical (unpaired) electrons. The molecule has 1 fully saturated rings. The first kappa shape index (κ1) is 11.5. The summed E-state index contributed by atoms with van der Waals surface area (Å²) in [4.78, 5) is 11.2. The van der Waals surface area contributed by atoms with Crippen molar-refractivity contribution in [3.8, 4) is 0 Å². The largest absolute Gasteiger partial charge is 0.454 e. The lowest BCUT2D eigenvalue weighted by Gasteiger charge is -2.20. The van der Waals surface area contributed by atoms with Crippen molar-refractivity contribution in [2.24, 2.45) is 0 Å². The molecule has 0 heterocycles. The van der Waals surface area contributed by atoms with Crippen molar-refractivity contribution in [2.75, 3.05) is 6.61 Å². The molecule has 4 nitrogen and oxygen atoms in total. The molecule has 0 aliphatic heterocycles. The summed E-state index contributed by atoms with van der Waals surface area (Å²) in [6.45, 7) is 1.72. The Morgan fingerprint density at radius 1 is 1.29 bits per heavy atom. The summed E-state index contributed by atoms with van der Waals surface area (Å²) in [6, 6.07) is 0. The minimum Gasteiger partial charge on any atom is -0.454 e. The Kier molecular flexibility index (Phi) is 3.92. The Labute approximate surface area is 84.6 Å². The number of carbonyl (C=O) groups excluding carboxylic acids is 1. The molecule has 82 valence electrons. The van der Waals surface area contributed by atoms with Crippen LogP contribution in [0, 0.1) is 0 Å². The molecule has 5 heteroatoms. The van der Waals surface area contributed by atoms with Gasteiger partial charge in [-0.2, -0.15) is 0 Å². The third-order valence-corrected chi connectivity index (χ3v) is 4.42. The molecule has 0 N–H and O–H groups in total. The first-order valence-corrected chi connectivity index (χ1v) is 6.54. The number of hydrogen-bond donors (Lipinski definition) is 0. The number of sulfone groups is 1. The highest BCUT2D eigenvalue weighted by Crippen LogP contribution is 2.24. The maximum atomic E-state index is 11.6. The Bertz CT molecular complexity index is 288. The predicted octanol–water partition coefficient (Wildman–Crippen LogP) is 1.89. The van der Waals surface area contributed by atoms with Crippen molar-refractivity contribution in [3.63, 3.8) is 0 Å². The van der Waals surface area contributed by atoms with E-state index in [1.165, 1.54) is 0 Å².